The van der Waals surface area contributed by atoms with Crippen molar-refractivity contribution in [3.8, 4) is 0 Å². The van der Waals surface area contributed by atoms with Gasteiger partial charge in [-0.2, -0.15) is 0 Å². The van der Waals surface area contributed by atoms with Gasteiger partial charge in [-0.25, -0.2) is 0 Å². The van der Waals surface area contributed by atoms with Crippen LogP contribution in [0.5, 0.6) is 0 Å². The average molecular weight is 75.7 g/mol. The molecule has 0 spiro atoms. The summed E-state index contributed by atoms with van der Waals surface area (Å²) in [6, 6.07) is 0. The van der Waals surface area contributed by atoms with Crippen LogP contribution in [-0.4, -0.2) is 15.7 Å². The molecule has 0 heterocycles. The van der Waals surface area contributed by atoms with Crippen molar-refractivity contribution < 1.29 is 0 Å². The Kier molecular flexibility index (Phi) is 3.01. The maximum absolute atomic E-state index is 5.11. The third-order valence-corrected chi connectivity index (χ3v) is 0.439. The van der Waals surface area contributed by atoms with Crippen LogP contribution < -0.4 is 0 Å². The molecule has 0 rings (SSSR count). The first-order valence-electron chi connectivity index (χ1n) is 1.89. The maximum Gasteiger partial charge on any atom is 0.0579 e. The van der Waals surface area contributed by atoms with Gasteiger partial charge in [0.2, 0.25) is 0 Å². The number of hydrogen-bond donors (Lipinski definition) is 0. The molecule has 4 radical (unpaired) electrons. The van der Waals surface area contributed by atoms with Crippen molar-refractivity contribution in [1.29, 1.82) is 0 Å². The predicted octanol–water partition coefficient (Wildman–Crippen LogP) is 0.645. The predicted molar refractivity (Wildman–Crippen MR) is 30.1 cm³/mol. The van der Waals surface area contributed by atoms with Crippen LogP contribution >= 0.6 is 0 Å². The topological polar surface area (TPSA) is 0 Å². The lowest BCUT2D eigenvalue weighted by Crippen LogP contribution is -1.85. The van der Waals surface area contributed by atoms with Gasteiger partial charge in [-0.05, 0) is 6.42 Å². The van der Waals surface area contributed by atoms with Crippen LogP contribution in [0.15, 0.2) is 12.7 Å². The van der Waals surface area contributed by atoms with Gasteiger partial charge in [0, 0.05) is 0 Å². The molecule has 0 atom stereocenters. The molecule has 0 saturated carbocycles. The van der Waals surface area contributed by atoms with Crippen molar-refractivity contribution in [2.75, 3.05) is 0 Å². The molecule has 0 fully saturated rings. The summed E-state index contributed by atoms with van der Waals surface area (Å²) < 4.78 is 0. The van der Waals surface area contributed by atoms with Gasteiger partial charge in [-0.1, -0.05) is 6.08 Å². The molecule has 0 aliphatic rings. The molecular weight excluding hydrogens is 69.7 g/mol. The summed E-state index contributed by atoms with van der Waals surface area (Å²) in [5, 5.41) is 0. The molecule has 0 aromatic rings. The Morgan fingerprint density at radius 3 is 2.17 bits per heavy atom. The zero-order chi connectivity index (χ0) is 4.99. The van der Waals surface area contributed by atoms with Gasteiger partial charge in [-0.15, -0.1) is 12.3 Å². The Morgan fingerprint density at radius 1 is 1.67 bits per heavy atom. The molecule has 0 nitrogen and oxygen atoms in total. The van der Waals surface area contributed by atoms with E-state index in [1.54, 1.807) is 6.08 Å². The molecule has 0 aromatic carbocycles. The van der Waals surface area contributed by atoms with E-state index < -0.39 is 0 Å². The van der Waals surface area contributed by atoms with Crippen molar-refractivity contribution in [3.05, 3.63) is 12.7 Å². The Morgan fingerprint density at radius 2 is 2.17 bits per heavy atom. The molecule has 2 heteroatoms. The van der Waals surface area contributed by atoms with E-state index in [-0.39, 0.29) is 5.72 Å². The molecule has 0 saturated heterocycles. The van der Waals surface area contributed by atoms with Gasteiger partial charge in [0.25, 0.3) is 0 Å². The first kappa shape index (κ1) is 5.87. The summed E-state index contributed by atoms with van der Waals surface area (Å²) in [6.07, 6.45) is 2.39. The molecule has 28 valence electrons. The molecule has 0 aliphatic carbocycles. The molecule has 0 aromatic heterocycles. The second-order valence-corrected chi connectivity index (χ2v) is 1.19. The summed E-state index contributed by atoms with van der Waals surface area (Å²) in [5.41, 5.74) is -0.220. The monoisotopic (exact) mass is 76.1 g/mol. The van der Waals surface area contributed by atoms with Crippen molar-refractivity contribution in [3.63, 3.8) is 0 Å². The number of hydrogen-bond acceptors (Lipinski definition) is 0. The second-order valence-electron chi connectivity index (χ2n) is 1.19. The first-order valence-corrected chi connectivity index (χ1v) is 1.89. The van der Waals surface area contributed by atoms with E-state index in [1.807, 2.05) is 0 Å². The van der Waals surface area contributed by atoms with E-state index in [9.17, 15) is 0 Å². The highest BCUT2D eigenvalue weighted by molar-refractivity contribution is 6.35. The molecular formula is C4H6B2. The van der Waals surface area contributed by atoms with Crippen LogP contribution in [0.1, 0.15) is 6.42 Å². The fourth-order valence-corrected chi connectivity index (χ4v) is 0.192. The highest BCUT2D eigenvalue weighted by atomic mass is 13.7. The highest BCUT2D eigenvalue weighted by Gasteiger charge is 1.82. The molecule has 0 amide bonds. The summed E-state index contributed by atoms with van der Waals surface area (Å²) in [6.45, 7) is 3.44. The fraction of sp³-hybridized carbons (Fsp3) is 0.500. The Bertz CT molecular complexity index is 40.8. The van der Waals surface area contributed by atoms with Gasteiger partial charge in [0.15, 0.2) is 0 Å². The lowest BCUT2D eigenvalue weighted by molar-refractivity contribution is 1.14. The van der Waals surface area contributed by atoms with Crippen molar-refractivity contribution in [1.82, 2.24) is 0 Å². The zero-order valence-corrected chi connectivity index (χ0v) is 3.72. The molecule has 0 aliphatic heterocycles. The van der Waals surface area contributed by atoms with Gasteiger partial charge >= 0.3 is 0 Å². The van der Waals surface area contributed by atoms with E-state index in [2.05, 4.69) is 6.58 Å². The third kappa shape index (κ3) is 3.87. The number of allylic oxidation sites excluding steroid dienone is 1. The lowest BCUT2D eigenvalue weighted by atomic mass is 9.69. The van der Waals surface area contributed by atoms with Crippen LogP contribution in [0.4, 0.5) is 0 Å². The lowest BCUT2D eigenvalue weighted by Gasteiger charge is -1.92. The summed E-state index contributed by atoms with van der Waals surface area (Å²) in [5.74, 6) is 0. The minimum atomic E-state index is -0.220. The second kappa shape index (κ2) is 3.08. The minimum Gasteiger partial charge on any atom is -0.106 e. The van der Waals surface area contributed by atoms with Crippen molar-refractivity contribution >= 4 is 15.7 Å². The van der Waals surface area contributed by atoms with Crippen LogP contribution in [0.3, 0.4) is 0 Å². The molecule has 0 bridgehead atoms. The standard InChI is InChI=1S/C4H6B2/c1-2-3-4(5)6/h2,4H,1,3H2. The van der Waals surface area contributed by atoms with Crippen molar-refractivity contribution in [2.45, 2.75) is 12.1 Å². The Balaban J connectivity index is 2.81. The van der Waals surface area contributed by atoms with Crippen LogP contribution in [0.2, 0.25) is 5.72 Å². The molecule has 6 heavy (non-hydrogen) atoms. The van der Waals surface area contributed by atoms with Gasteiger partial charge in [-0.3, -0.25) is 0 Å². The smallest absolute Gasteiger partial charge is 0.0579 e. The molecule has 0 unspecified atom stereocenters. The largest absolute Gasteiger partial charge is 0.106 e. The van der Waals surface area contributed by atoms with Crippen molar-refractivity contribution in [2.24, 2.45) is 0 Å². The quantitative estimate of drug-likeness (QED) is 0.334. The SMILES string of the molecule is [B]C([B])CC=C. The first-order chi connectivity index (χ1) is 2.77. The van der Waals surface area contributed by atoms with Gasteiger partial charge in [0.05, 0.1) is 15.7 Å². The maximum atomic E-state index is 5.11. The summed E-state index contributed by atoms with van der Waals surface area (Å²) in [4.78, 5) is 0. The van der Waals surface area contributed by atoms with E-state index >= 15 is 0 Å². The van der Waals surface area contributed by atoms with Crippen LogP contribution in [0.25, 0.3) is 0 Å². The van der Waals surface area contributed by atoms with E-state index in [0.717, 1.165) is 0 Å². The highest BCUT2D eigenvalue weighted by Crippen LogP contribution is 1.95. The van der Waals surface area contributed by atoms with E-state index in [4.69, 9.17) is 15.7 Å². The average Bonchev–Trinajstić information content (AvgIpc) is 1.35. The minimum absolute atomic E-state index is 0.220. The van der Waals surface area contributed by atoms with Crippen LogP contribution in [-0.2, 0) is 0 Å². The third-order valence-electron chi connectivity index (χ3n) is 0.439. The zero-order valence-electron chi connectivity index (χ0n) is 3.72. The Hall–Kier alpha value is -0.130. The fourth-order valence-electron chi connectivity index (χ4n) is 0.192. The van der Waals surface area contributed by atoms with E-state index in [0.29, 0.717) is 6.42 Å². The molecule has 0 N–H and O–H groups in total. The normalized spacial score (nSPS) is 8.83. The van der Waals surface area contributed by atoms with E-state index in [1.165, 1.54) is 0 Å². The van der Waals surface area contributed by atoms with Gasteiger partial charge < -0.3 is 0 Å². The summed E-state index contributed by atoms with van der Waals surface area (Å²) in [7, 11) is 10.2. The number of rotatable bonds is 2. The Labute approximate surface area is 41.4 Å². The van der Waals surface area contributed by atoms with Crippen LogP contribution in [0, 0.1) is 0 Å². The van der Waals surface area contributed by atoms with Gasteiger partial charge in [0.1, 0.15) is 0 Å². The summed E-state index contributed by atoms with van der Waals surface area (Å²) >= 11 is 0.